The summed E-state index contributed by atoms with van der Waals surface area (Å²) >= 11 is 0. The average molecular weight is 381 g/mol. The van der Waals surface area contributed by atoms with Crippen LogP contribution in [0.25, 0.3) is 10.8 Å². The van der Waals surface area contributed by atoms with E-state index in [-0.39, 0.29) is 21.6 Å². The third kappa shape index (κ3) is 3.51. The van der Waals surface area contributed by atoms with Gasteiger partial charge in [-0.3, -0.25) is 0 Å². The maximum absolute atomic E-state index is 13.0. The molecule has 2 N–H and O–H groups in total. The molecule has 0 saturated carbocycles. The average Bonchev–Trinajstić information content (AvgIpc) is 2.59. The minimum atomic E-state index is -4.58. The monoisotopic (exact) mass is 381 g/mol. The second-order valence-electron chi connectivity index (χ2n) is 5.61. The van der Waals surface area contributed by atoms with Crippen molar-refractivity contribution in [3.05, 3.63) is 71.8 Å². The van der Waals surface area contributed by atoms with E-state index in [2.05, 4.69) is 4.72 Å². The second-order valence-corrected chi connectivity index (χ2v) is 7.34. The standard InChI is InChI=1S/C18H14F3NO3S/c19-18(20,21)15-8-2-1-5-12(15)11-22-26(24,25)17-10-4-6-13-14(17)7-3-9-16(13)23/h1-10,22-23H,11H2. The van der Waals surface area contributed by atoms with Gasteiger partial charge in [0.2, 0.25) is 10.0 Å². The lowest BCUT2D eigenvalue weighted by atomic mass is 10.1. The Hall–Kier alpha value is -2.58. The molecule has 0 aliphatic carbocycles. The van der Waals surface area contributed by atoms with Crippen molar-refractivity contribution in [2.24, 2.45) is 0 Å². The summed E-state index contributed by atoms with van der Waals surface area (Å²) in [5.41, 5.74) is -1.06. The minimum absolute atomic E-state index is 0.0815. The highest BCUT2D eigenvalue weighted by Gasteiger charge is 2.33. The molecule has 0 atom stereocenters. The number of halogens is 3. The first-order chi connectivity index (χ1) is 12.2. The van der Waals surface area contributed by atoms with Crippen molar-refractivity contribution in [2.45, 2.75) is 17.6 Å². The van der Waals surface area contributed by atoms with Gasteiger partial charge in [-0.05, 0) is 23.8 Å². The summed E-state index contributed by atoms with van der Waals surface area (Å²) in [5, 5.41) is 10.5. The summed E-state index contributed by atoms with van der Waals surface area (Å²) in [6.07, 6.45) is -4.58. The van der Waals surface area contributed by atoms with Gasteiger partial charge in [-0.1, -0.05) is 42.5 Å². The van der Waals surface area contributed by atoms with E-state index < -0.39 is 28.3 Å². The zero-order valence-corrected chi connectivity index (χ0v) is 14.1. The van der Waals surface area contributed by atoms with Gasteiger partial charge in [0.25, 0.3) is 0 Å². The lowest BCUT2D eigenvalue weighted by Gasteiger charge is -2.14. The maximum Gasteiger partial charge on any atom is 0.416 e. The summed E-state index contributed by atoms with van der Waals surface area (Å²) in [6.45, 7) is -0.507. The van der Waals surface area contributed by atoms with Crippen molar-refractivity contribution in [1.29, 1.82) is 0 Å². The molecule has 3 aromatic carbocycles. The van der Waals surface area contributed by atoms with Crippen LogP contribution >= 0.6 is 0 Å². The highest BCUT2D eigenvalue weighted by Crippen LogP contribution is 2.32. The number of benzene rings is 3. The molecule has 0 bridgehead atoms. The normalized spacial score (nSPS) is 12.4. The molecule has 26 heavy (non-hydrogen) atoms. The third-order valence-corrected chi connectivity index (χ3v) is 5.38. The van der Waals surface area contributed by atoms with Crippen molar-refractivity contribution in [3.63, 3.8) is 0 Å². The van der Waals surface area contributed by atoms with E-state index in [1.165, 1.54) is 48.5 Å². The summed E-state index contributed by atoms with van der Waals surface area (Å²) in [6, 6.07) is 13.6. The Bertz CT molecular complexity index is 1060. The Morgan fingerprint density at radius 3 is 2.27 bits per heavy atom. The van der Waals surface area contributed by atoms with Crippen LogP contribution in [0.2, 0.25) is 0 Å². The minimum Gasteiger partial charge on any atom is -0.507 e. The van der Waals surface area contributed by atoms with Crippen LogP contribution in [-0.2, 0) is 22.7 Å². The zero-order chi connectivity index (χ0) is 18.9. The lowest BCUT2D eigenvalue weighted by molar-refractivity contribution is -0.138. The van der Waals surface area contributed by atoms with Crippen LogP contribution in [-0.4, -0.2) is 13.5 Å². The largest absolute Gasteiger partial charge is 0.507 e. The van der Waals surface area contributed by atoms with Gasteiger partial charge in [0.1, 0.15) is 5.75 Å². The number of nitrogens with one attached hydrogen (secondary N) is 1. The van der Waals surface area contributed by atoms with Crippen LogP contribution in [0, 0.1) is 0 Å². The van der Waals surface area contributed by atoms with Crippen molar-refractivity contribution in [3.8, 4) is 5.75 Å². The van der Waals surface area contributed by atoms with Gasteiger partial charge in [0.05, 0.1) is 10.5 Å². The molecule has 8 heteroatoms. The van der Waals surface area contributed by atoms with Gasteiger partial charge < -0.3 is 5.11 Å². The fourth-order valence-corrected chi connectivity index (χ4v) is 3.93. The molecular weight excluding hydrogens is 367 g/mol. The number of sulfonamides is 1. The number of phenolic OH excluding ortho intramolecular Hbond substituents is 1. The second kappa shape index (κ2) is 6.62. The van der Waals surface area contributed by atoms with Crippen LogP contribution in [0.3, 0.4) is 0 Å². The van der Waals surface area contributed by atoms with Crippen molar-refractivity contribution < 1.29 is 26.7 Å². The molecule has 0 amide bonds. The number of alkyl halides is 3. The lowest BCUT2D eigenvalue weighted by Crippen LogP contribution is -2.25. The Balaban J connectivity index is 1.96. The topological polar surface area (TPSA) is 66.4 Å². The number of rotatable bonds is 4. The Labute approximate surface area is 148 Å². The first-order valence-electron chi connectivity index (χ1n) is 7.55. The summed E-state index contributed by atoms with van der Waals surface area (Å²) in [5.74, 6) is -0.0815. The van der Waals surface area contributed by atoms with Crippen molar-refractivity contribution >= 4 is 20.8 Å². The number of phenols is 1. The summed E-state index contributed by atoms with van der Waals surface area (Å²) < 4.78 is 66.6. The molecule has 3 rings (SSSR count). The summed E-state index contributed by atoms with van der Waals surface area (Å²) in [4.78, 5) is -0.115. The SMILES string of the molecule is O=S(=O)(NCc1ccccc1C(F)(F)F)c1cccc2c(O)cccc12. The van der Waals surface area contributed by atoms with E-state index in [0.29, 0.717) is 5.39 Å². The molecule has 0 aromatic heterocycles. The van der Waals surface area contributed by atoms with Crippen LogP contribution in [0.1, 0.15) is 11.1 Å². The molecule has 0 spiro atoms. The van der Waals surface area contributed by atoms with Crippen LogP contribution in [0.5, 0.6) is 5.75 Å². The van der Waals surface area contributed by atoms with Gasteiger partial charge in [0.15, 0.2) is 0 Å². The quantitative estimate of drug-likeness (QED) is 0.717. The highest BCUT2D eigenvalue weighted by molar-refractivity contribution is 7.89. The van der Waals surface area contributed by atoms with Crippen LogP contribution in [0.15, 0.2) is 65.6 Å². The first kappa shape index (κ1) is 18.2. The fourth-order valence-electron chi connectivity index (χ4n) is 2.70. The van der Waals surface area contributed by atoms with E-state index >= 15 is 0 Å². The molecule has 0 radical (unpaired) electrons. The van der Waals surface area contributed by atoms with Crippen molar-refractivity contribution in [1.82, 2.24) is 4.72 Å². The number of aromatic hydroxyl groups is 1. The molecule has 0 aliphatic heterocycles. The van der Waals surface area contributed by atoms with Gasteiger partial charge in [-0.2, -0.15) is 13.2 Å². The van der Waals surface area contributed by atoms with Gasteiger partial charge >= 0.3 is 6.18 Å². The fraction of sp³-hybridized carbons (Fsp3) is 0.111. The predicted molar refractivity (Wildman–Crippen MR) is 91.1 cm³/mol. The molecule has 3 aromatic rings. The van der Waals surface area contributed by atoms with E-state index in [0.717, 1.165) is 6.07 Å². The van der Waals surface area contributed by atoms with Crippen LogP contribution < -0.4 is 4.72 Å². The number of fused-ring (bicyclic) bond motifs is 1. The van der Waals surface area contributed by atoms with Crippen molar-refractivity contribution in [2.75, 3.05) is 0 Å². The van der Waals surface area contributed by atoms with E-state index in [9.17, 15) is 26.7 Å². The summed E-state index contributed by atoms with van der Waals surface area (Å²) in [7, 11) is -4.09. The van der Waals surface area contributed by atoms with Gasteiger partial charge in [0, 0.05) is 17.3 Å². The first-order valence-corrected chi connectivity index (χ1v) is 9.04. The molecule has 0 fully saturated rings. The number of hydrogen-bond donors (Lipinski definition) is 2. The Morgan fingerprint density at radius 1 is 0.885 bits per heavy atom. The Morgan fingerprint density at radius 2 is 1.54 bits per heavy atom. The Kier molecular flexibility index (Phi) is 4.64. The molecule has 0 unspecified atom stereocenters. The molecule has 0 heterocycles. The van der Waals surface area contributed by atoms with Gasteiger partial charge in [-0.15, -0.1) is 0 Å². The van der Waals surface area contributed by atoms with E-state index in [4.69, 9.17) is 0 Å². The molecule has 136 valence electrons. The predicted octanol–water partition coefficient (Wildman–Crippen LogP) is 4.04. The zero-order valence-electron chi connectivity index (χ0n) is 13.3. The highest BCUT2D eigenvalue weighted by atomic mass is 32.2. The van der Waals surface area contributed by atoms with E-state index in [1.54, 1.807) is 6.07 Å². The molecular formula is C18H14F3NO3S. The molecule has 0 aliphatic rings. The molecule has 4 nitrogen and oxygen atoms in total. The third-order valence-electron chi connectivity index (χ3n) is 3.92. The van der Waals surface area contributed by atoms with Crippen LogP contribution in [0.4, 0.5) is 13.2 Å². The smallest absolute Gasteiger partial charge is 0.416 e. The van der Waals surface area contributed by atoms with Gasteiger partial charge in [-0.25, -0.2) is 13.1 Å². The van der Waals surface area contributed by atoms with E-state index in [1.807, 2.05) is 0 Å². The molecule has 0 saturated heterocycles. The number of hydrogen-bond acceptors (Lipinski definition) is 3. The maximum atomic E-state index is 13.0.